The predicted octanol–water partition coefficient (Wildman–Crippen LogP) is 4.84. The molecule has 0 radical (unpaired) electrons. The minimum absolute atomic E-state index is 0.0513. The number of amides is 1. The fourth-order valence-corrected chi connectivity index (χ4v) is 3.78. The number of fused-ring (bicyclic) bond motifs is 3. The maximum absolute atomic E-state index is 12.1. The Hall–Kier alpha value is -3.73. The van der Waals surface area contributed by atoms with Crippen LogP contribution in [-0.4, -0.2) is 30.5 Å². The van der Waals surface area contributed by atoms with Crippen molar-refractivity contribution in [2.24, 2.45) is 0 Å². The molecule has 0 saturated heterocycles. The minimum atomic E-state index is -0.430. The fourth-order valence-electron chi connectivity index (χ4n) is 3.78. The molecular formula is C25H22N2O3. The lowest BCUT2D eigenvalue weighted by Gasteiger charge is -2.14. The molecular weight excluding hydrogens is 376 g/mol. The van der Waals surface area contributed by atoms with Gasteiger partial charge in [0, 0.05) is 36.0 Å². The van der Waals surface area contributed by atoms with Crippen LogP contribution in [0.5, 0.6) is 0 Å². The average Bonchev–Trinajstić information content (AvgIpc) is 3.11. The maximum atomic E-state index is 12.1. The van der Waals surface area contributed by atoms with Gasteiger partial charge in [-0.1, -0.05) is 60.7 Å². The smallest absolute Gasteiger partial charge is 0.407 e. The molecule has 0 fully saturated rings. The molecule has 5 heteroatoms. The summed E-state index contributed by atoms with van der Waals surface area (Å²) < 4.78 is 5.51. The van der Waals surface area contributed by atoms with Crippen molar-refractivity contribution in [1.82, 2.24) is 10.3 Å². The fraction of sp³-hybridized carbons (Fsp3) is 0.160. The SMILES string of the molecule is O=Cc1ccncc1C=CCCNC(=O)OCC1c2ccccc2-c2ccccc21. The lowest BCUT2D eigenvalue weighted by Crippen LogP contribution is -2.26. The molecule has 1 heterocycles. The highest BCUT2D eigenvalue weighted by atomic mass is 16.5. The van der Waals surface area contributed by atoms with E-state index in [-0.39, 0.29) is 5.92 Å². The van der Waals surface area contributed by atoms with Crippen LogP contribution in [0.4, 0.5) is 4.79 Å². The van der Waals surface area contributed by atoms with Gasteiger partial charge >= 0.3 is 6.09 Å². The van der Waals surface area contributed by atoms with Gasteiger partial charge in [-0.25, -0.2) is 4.79 Å². The van der Waals surface area contributed by atoms with Crippen LogP contribution in [-0.2, 0) is 4.74 Å². The Labute approximate surface area is 175 Å². The standard InChI is InChI=1S/C25H22N2O3/c28-16-19-12-14-26-15-18(19)7-5-6-13-27-25(29)30-17-24-22-10-3-1-8-20(22)21-9-2-4-11-23(21)24/h1-5,7-12,14-16,24H,6,13,17H2,(H,27,29). The first-order valence-corrected chi connectivity index (χ1v) is 9.92. The number of nitrogens with one attached hydrogen (secondary N) is 1. The van der Waals surface area contributed by atoms with Crippen LogP contribution in [0.1, 0.15) is 39.4 Å². The Bertz CT molecular complexity index is 1050. The number of aldehydes is 1. The molecule has 4 rings (SSSR count). The summed E-state index contributed by atoms with van der Waals surface area (Å²) in [5.41, 5.74) is 6.14. The van der Waals surface area contributed by atoms with Gasteiger partial charge < -0.3 is 10.1 Å². The van der Waals surface area contributed by atoms with Crippen molar-refractivity contribution in [2.45, 2.75) is 12.3 Å². The molecule has 5 nitrogen and oxygen atoms in total. The van der Waals surface area contributed by atoms with E-state index >= 15 is 0 Å². The molecule has 2 aromatic carbocycles. The van der Waals surface area contributed by atoms with Gasteiger partial charge in [0.25, 0.3) is 0 Å². The zero-order chi connectivity index (χ0) is 20.8. The third kappa shape index (κ3) is 4.15. The van der Waals surface area contributed by atoms with Gasteiger partial charge in [-0.05, 0) is 34.7 Å². The van der Waals surface area contributed by atoms with Crippen molar-refractivity contribution in [3.05, 3.63) is 95.3 Å². The number of benzene rings is 2. The number of carbonyl (C=O) groups excluding carboxylic acids is 2. The summed E-state index contributed by atoms with van der Waals surface area (Å²) in [6, 6.07) is 18.2. The molecule has 0 spiro atoms. The van der Waals surface area contributed by atoms with Crippen LogP contribution in [0.15, 0.2) is 73.1 Å². The van der Waals surface area contributed by atoms with Crippen LogP contribution in [0, 0.1) is 0 Å². The highest BCUT2D eigenvalue weighted by molar-refractivity contribution is 5.81. The van der Waals surface area contributed by atoms with Crippen molar-refractivity contribution in [3.8, 4) is 11.1 Å². The largest absolute Gasteiger partial charge is 0.449 e. The number of hydrogen-bond donors (Lipinski definition) is 1. The third-order valence-corrected chi connectivity index (χ3v) is 5.24. The van der Waals surface area contributed by atoms with Crippen molar-refractivity contribution in [1.29, 1.82) is 0 Å². The van der Waals surface area contributed by atoms with E-state index in [4.69, 9.17) is 4.74 Å². The topological polar surface area (TPSA) is 68.3 Å². The molecule has 0 unspecified atom stereocenters. The molecule has 0 bridgehead atoms. The highest BCUT2D eigenvalue weighted by Gasteiger charge is 2.28. The summed E-state index contributed by atoms with van der Waals surface area (Å²) in [7, 11) is 0. The maximum Gasteiger partial charge on any atom is 0.407 e. The summed E-state index contributed by atoms with van der Waals surface area (Å²) in [5.74, 6) is 0.0513. The van der Waals surface area contributed by atoms with E-state index in [0.717, 1.165) is 11.8 Å². The normalized spacial score (nSPS) is 12.4. The van der Waals surface area contributed by atoms with Crippen LogP contribution < -0.4 is 5.32 Å². The Morgan fingerprint density at radius 2 is 1.70 bits per heavy atom. The molecule has 0 saturated carbocycles. The van der Waals surface area contributed by atoms with Crippen LogP contribution >= 0.6 is 0 Å². The van der Waals surface area contributed by atoms with Gasteiger partial charge in [-0.3, -0.25) is 9.78 Å². The molecule has 1 amide bonds. The lowest BCUT2D eigenvalue weighted by atomic mass is 9.98. The van der Waals surface area contributed by atoms with E-state index in [0.29, 0.717) is 25.1 Å². The Kier molecular flexibility index (Phi) is 5.99. The number of carbonyl (C=O) groups is 2. The van der Waals surface area contributed by atoms with Gasteiger partial charge in [-0.15, -0.1) is 0 Å². The molecule has 0 atom stereocenters. The number of ether oxygens (including phenoxy) is 1. The summed E-state index contributed by atoms with van der Waals surface area (Å²) in [4.78, 5) is 27.2. The summed E-state index contributed by atoms with van der Waals surface area (Å²) in [5, 5.41) is 2.77. The van der Waals surface area contributed by atoms with Crippen LogP contribution in [0.2, 0.25) is 0 Å². The zero-order valence-corrected chi connectivity index (χ0v) is 16.5. The van der Waals surface area contributed by atoms with E-state index in [2.05, 4.69) is 34.6 Å². The molecule has 1 N–H and O–H groups in total. The van der Waals surface area contributed by atoms with Crippen LogP contribution in [0.3, 0.4) is 0 Å². The first-order valence-electron chi connectivity index (χ1n) is 9.92. The van der Waals surface area contributed by atoms with Crippen molar-refractivity contribution >= 4 is 18.5 Å². The first kappa shape index (κ1) is 19.6. The molecule has 150 valence electrons. The Morgan fingerprint density at radius 3 is 2.40 bits per heavy atom. The van der Waals surface area contributed by atoms with Gasteiger partial charge in [0.1, 0.15) is 6.61 Å². The quantitative estimate of drug-likeness (QED) is 0.457. The second-order valence-electron chi connectivity index (χ2n) is 7.07. The first-order chi connectivity index (χ1) is 14.8. The van der Waals surface area contributed by atoms with E-state index in [9.17, 15) is 9.59 Å². The minimum Gasteiger partial charge on any atom is -0.449 e. The van der Waals surface area contributed by atoms with Gasteiger partial charge in [0.2, 0.25) is 0 Å². The molecule has 1 aliphatic rings. The zero-order valence-electron chi connectivity index (χ0n) is 16.5. The Morgan fingerprint density at radius 1 is 1.00 bits per heavy atom. The molecule has 1 aliphatic carbocycles. The average molecular weight is 398 g/mol. The van der Waals surface area contributed by atoms with E-state index < -0.39 is 6.09 Å². The van der Waals surface area contributed by atoms with E-state index in [1.54, 1.807) is 18.5 Å². The van der Waals surface area contributed by atoms with Crippen molar-refractivity contribution in [2.75, 3.05) is 13.2 Å². The highest BCUT2D eigenvalue weighted by Crippen LogP contribution is 2.44. The van der Waals surface area contributed by atoms with Crippen LogP contribution in [0.25, 0.3) is 17.2 Å². The number of rotatable bonds is 7. The molecule has 3 aromatic rings. The second-order valence-corrected chi connectivity index (χ2v) is 7.07. The van der Waals surface area contributed by atoms with Crippen molar-refractivity contribution in [3.63, 3.8) is 0 Å². The monoisotopic (exact) mass is 398 g/mol. The lowest BCUT2D eigenvalue weighted by molar-refractivity contribution is 0.112. The summed E-state index contributed by atoms with van der Waals surface area (Å²) in [6.45, 7) is 0.748. The number of nitrogens with zero attached hydrogens (tertiary/aromatic N) is 1. The summed E-state index contributed by atoms with van der Waals surface area (Å²) >= 11 is 0. The van der Waals surface area contributed by atoms with Crippen molar-refractivity contribution < 1.29 is 14.3 Å². The number of hydrogen-bond acceptors (Lipinski definition) is 4. The summed E-state index contributed by atoms with van der Waals surface area (Å²) in [6.07, 6.45) is 7.94. The molecule has 30 heavy (non-hydrogen) atoms. The number of pyridine rings is 1. The predicted molar refractivity (Wildman–Crippen MR) is 116 cm³/mol. The van der Waals surface area contributed by atoms with E-state index in [1.165, 1.54) is 22.3 Å². The van der Waals surface area contributed by atoms with Gasteiger partial charge in [0.15, 0.2) is 6.29 Å². The third-order valence-electron chi connectivity index (χ3n) is 5.24. The second kappa shape index (κ2) is 9.18. The molecule has 0 aliphatic heterocycles. The Balaban J connectivity index is 1.28. The molecule has 1 aromatic heterocycles. The number of aromatic nitrogens is 1. The van der Waals surface area contributed by atoms with Gasteiger partial charge in [-0.2, -0.15) is 0 Å². The van der Waals surface area contributed by atoms with Gasteiger partial charge in [0.05, 0.1) is 0 Å². The number of alkyl carbamates (subject to hydrolysis) is 1. The van der Waals surface area contributed by atoms with E-state index in [1.807, 2.05) is 36.4 Å².